The number of ether oxygens (including phenoxy) is 1. The third kappa shape index (κ3) is 3.08. The molecule has 1 aromatic carbocycles. The van der Waals surface area contributed by atoms with E-state index >= 15 is 0 Å². The Morgan fingerprint density at radius 1 is 1.50 bits per heavy atom. The van der Waals surface area contributed by atoms with Crippen LogP contribution in [-0.2, 0) is 11.3 Å². The molecule has 1 heterocycles. The Morgan fingerprint density at radius 3 is 2.85 bits per heavy atom. The van der Waals surface area contributed by atoms with Crippen molar-refractivity contribution >= 4 is 28.7 Å². The molecule has 0 aliphatic carbocycles. The molecular formula is C14H17N3O2S. The lowest BCUT2D eigenvalue weighted by atomic mass is 10.1. The summed E-state index contributed by atoms with van der Waals surface area (Å²) >= 11 is 1.61. The van der Waals surface area contributed by atoms with Gasteiger partial charge in [0.15, 0.2) is 0 Å². The molecule has 0 spiro atoms. The fourth-order valence-corrected chi connectivity index (χ4v) is 2.53. The van der Waals surface area contributed by atoms with Crippen LogP contribution in [0.2, 0.25) is 0 Å². The van der Waals surface area contributed by atoms with Crippen LogP contribution < -0.4 is 10.6 Å². The molecule has 2 N–H and O–H groups in total. The van der Waals surface area contributed by atoms with Gasteiger partial charge in [-0.3, -0.25) is 0 Å². The highest BCUT2D eigenvalue weighted by Gasteiger charge is 2.12. The molecule has 0 bridgehead atoms. The highest BCUT2D eigenvalue weighted by Crippen LogP contribution is 2.25. The van der Waals surface area contributed by atoms with Gasteiger partial charge in [0, 0.05) is 12.4 Å². The van der Waals surface area contributed by atoms with E-state index in [1.807, 2.05) is 24.3 Å². The van der Waals surface area contributed by atoms with Crippen LogP contribution in [0, 0.1) is 6.92 Å². The molecule has 0 aliphatic rings. The summed E-state index contributed by atoms with van der Waals surface area (Å²) in [6.45, 7) is 2.61. The minimum Gasteiger partial charge on any atom is -0.465 e. The van der Waals surface area contributed by atoms with Crippen molar-refractivity contribution in [3.8, 4) is 0 Å². The molecule has 0 saturated heterocycles. The molecule has 6 heteroatoms. The van der Waals surface area contributed by atoms with Crippen molar-refractivity contribution in [2.75, 3.05) is 24.8 Å². The quantitative estimate of drug-likeness (QED) is 0.692. The van der Waals surface area contributed by atoms with Crippen LogP contribution in [0.3, 0.4) is 0 Å². The summed E-state index contributed by atoms with van der Waals surface area (Å²) in [7, 11) is 3.28. The number of rotatable bonds is 4. The SMILES string of the molecule is COC(=O)c1ccc(N)c(N(C)Cc2csc(C)n2)c1. The largest absolute Gasteiger partial charge is 0.465 e. The predicted molar refractivity (Wildman–Crippen MR) is 81.2 cm³/mol. The first kappa shape index (κ1) is 14.3. The van der Waals surface area contributed by atoms with Gasteiger partial charge in [0.05, 0.1) is 41.3 Å². The summed E-state index contributed by atoms with van der Waals surface area (Å²) < 4.78 is 4.72. The monoisotopic (exact) mass is 291 g/mol. The van der Waals surface area contributed by atoms with Crippen LogP contribution >= 0.6 is 11.3 Å². The van der Waals surface area contributed by atoms with Crippen molar-refractivity contribution in [1.82, 2.24) is 4.98 Å². The molecule has 20 heavy (non-hydrogen) atoms. The highest BCUT2D eigenvalue weighted by atomic mass is 32.1. The van der Waals surface area contributed by atoms with Crippen molar-refractivity contribution in [3.05, 3.63) is 39.8 Å². The van der Waals surface area contributed by atoms with Crippen molar-refractivity contribution in [1.29, 1.82) is 0 Å². The van der Waals surface area contributed by atoms with Gasteiger partial charge >= 0.3 is 5.97 Å². The summed E-state index contributed by atoms with van der Waals surface area (Å²) in [6, 6.07) is 5.11. The lowest BCUT2D eigenvalue weighted by molar-refractivity contribution is 0.0601. The maximum absolute atomic E-state index is 11.6. The van der Waals surface area contributed by atoms with Crippen LogP contribution in [0.15, 0.2) is 23.6 Å². The van der Waals surface area contributed by atoms with Gasteiger partial charge in [-0.2, -0.15) is 0 Å². The molecule has 1 aromatic heterocycles. The van der Waals surface area contributed by atoms with Gasteiger partial charge < -0.3 is 15.4 Å². The van der Waals surface area contributed by atoms with Crippen molar-refractivity contribution < 1.29 is 9.53 Å². The van der Waals surface area contributed by atoms with Gasteiger partial charge in [0.1, 0.15) is 0 Å². The molecule has 0 fully saturated rings. The second-order valence-corrected chi connectivity index (χ2v) is 5.54. The number of methoxy groups -OCH3 is 1. The number of hydrogen-bond donors (Lipinski definition) is 1. The van der Waals surface area contributed by atoms with Gasteiger partial charge in [-0.15, -0.1) is 11.3 Å². The average molecular weight is 291 g/mol. The number of nitrogen functional groups attached to an aromatic ring is 1. The van der Waals surface area contributed by atoms with E-state index in [1.54, 1.807) is 29.5 Å². The van der Waals surface area contributed by atoms with E-state index in [0.29, 0.717) is 17.8 Å². The van der Waals surface area contributed by atoms with Crippen molar-refractivity contribution in [2.24, 2.45) is 0 Å². The molecule has 2 aromatic rings. The lowest BCUT2D eigenvalue weighted by Gasteiger charge is -2.20. The molecule has 5 nitrogen and oxygen atoms in total. The standard InChI is InChI=1S/C14H17N3O2S/c1-9-16-11(8-20-9)7-17(2)13-6-10(14(18)19-3)4-5-12(13)15/h4-6,8H,7,15H2,1-3H3. The summed E-state index contributed by atoms with van der Waals surface area (Å²) in [4.78, 5) is 18.0. The molecule has 0 unspecified atom stereocenters. The van der Waals surface area contributed by atoms with Gasteiger partial charge in [-0.05, 0) is 25.1 Å². The third-order valence-electron chi connectivity index (χ3n) is 2.93. The number of nitrogens with zero attached hydrogens (tertiary/aromatic N) is 2. The van der Waals surface area contributed by atoms with E-state index in [-0.39, 0.29) is 5.97 Å². The van der Waals surface area contributed by atoms with Gasteiger partial charge in [-0.1, -0.05) is 0 Å². The summed E-state index contributed by atoms with van der Waals surface area (Å²) in [6.07, 6.45) is 0. The predicted octanol–water partition coefficient (Wildman–Crippen LogP) is 2.46. The molecular weight excluding hydrogens is 274 g/mol. The minimum absolute atomic E-state index is 0.371. The van der Waals surface area contributed by atoms with Crippen molar-refractivity contribution in [3.63, 3.8) is 0 Å². The summed E-state index contributed by atoms with van der Waals surface area (Å²) in [5.74, 6) is -0.371. The number of anilines is 2. The number of esters is 1. The summed E-state index contributed by atoms with van der Waals surface area (Å²) in [5, 5.41) is 3.05. The van der Waals surface area contributed by atoms with Crippen LogP contribution in [-0.4, -0.2) is 25.1 Å². The Kier molecular flexibility index (Phi) is 4.24. The molecule has 0 amide bonds. The van der Waals surface area contributed by atoms with Crippen LogP contribution in [0.4, 0.5) is 11.4 Å². The lowest BCUT2D eigenvalue weighted by Crippen LogP contribution is -2.18. The number of carbonyl (C=O) groups excluding carboxylic acids is 1. The zero-order valence-corrected chi connectivity index (χ0v) is 12.5. The van der Waals surface area contributed by atoms with Gasteiger partial charge in [0.25, 0.3) is 0 Å². The van der Waals surface area contributed by atoms with E-state index in [1.165, 1.54) is 7.11 Å². The van der Waals surface area contributed by atoms with E-state index in [9.17, 15) is 4.79 Å². The number of carbonyl (C=O) groups is 1. The van der Waals surface area contributed by atoms with Gasteiger partial charge in [-0.25, -0.2) is 9.78 Å². The van der Waals surface area contributed by atoms with Crippen molar-refractivity contribution in [2.45, 2.75) is 13.5 Å². The van der Waals surface area contributed by atoms with E-state index in [0.717, 1.165) is 16.4 Å². The molecule has 0 saturated carbocycles. The van der Waals surface area contributed by atoms with Gasteiger partial charge in [0.2, 0.25) is 0 Å². The molecule has 0 aliphatic heterocycles. The Labute approximate surface area is 122 Å². The fourth-order valence-electron chi connectivity index (χ4n) is 1.93. The Hall–Kier alpha value is -2.08. The Balaban J connectivity index is 2.24. The number of benzene rings is 1. The van der Waals surface area contributed by atoms with Crippen LogP contribution in [0.1, 0.15) is 21.1 Å². The Bertz CT molecular complexity index is 625. The zero-order chi connectivity index (χ0) is 14.7. The summed E-state index contributed by atoms with van der Waals surface area (Å²) in [5.41, 5.74) is 8.86. The fraction of sp³-hybridized carbons (Fsp3) is 0.286. The smallest absolute Gasteiger partial charge is 0.337 e. The molecule has 0 atom stereocenters. The number of hydrogen-bond acceptors (Lipinski definition) is 6. The Morgan fingerprint density at radius 2 is 2.25 bits per heavy atom. The number of aromatic nitrogens is 1. The first-order valence-corrected chi connectivity index (χ1v) is 6.99. The van der Waals surface area contributed by atoms with E-state index in [4.69, 9.17) is 10.5 Å². The minimum atomic E-state index is -0.371. The second kappa shape index (κ2) is 5.92. The maximum Gasteiger partial charge on any atom is 0.337 e. The second-order valence-electron chi connectivity index (χ2n) is 4.48. The first-order valence-electron chi connectivity index (χ1n) is 6.11. The maximum atomic E-state index is 11.6. The normalized spacial score (nSPS) is 10.3. The van der Waals surface area contributed by atoms with Crippen LogP contribution in [0.5, 0.6) is 0 Å². The number of nitrogens with two attached hydrogens (primary N) is 1. The third-order valence-corrected chi connectivity index (χ3v) is 3.75. The van der Waals surface area contributed by atoms with Crippen LogP contribution in [0.25, 0.3) is 0 Å². The topological polar surface area (TPSA) is 68.5 Å². The molecule has 2 rings (SSSR count). The first-order chi connectivity index (χ1) is 9.51. The molecule has 0 radical (unpaired) electrons. The van der Waals surface area contributed by atoms with E-state index in [2.05, 4.69) is 4.98 Å². The zero-order valence-electron chi connectivity index (χ0n) is 11.7. The van der Waals surface area contributed by atoms with E-state index < -0.39 is 0 Å². The highest BCUT2D eigenvalue weighted by molar-refractivity contribution is 7.09. The molecule has 106 valence electrons. The average Bonchev–Trinajstić information content (AvgIpc) is 2.83. The number of thiazole rings is 1. The number of aryl methyl sites for hydroxylation is 1.